The lowest BCUT2D eigenvalue weighted by Gasteiger charge is -2.14. The number of hydrogen-bond donors (Lipinski definition) is 1. The van der Waals surface area contributed by atoms with Gasteiger partial charge < -0.3 is 10.1 Å². The van der Waals surface area contributed by atoms with E-state index in [1.165, 1.54) is 12.1 Å². The molecule has 1 heterocycles. The van der Waals surface area contributed by atoms with Crippen LogP contribution in [0, 0.1) is 5.82 Å². The number of nitrogens with one attached hydrogen (secondary N) is 1. The molecule has 0 radical (unpaired) electrons. The Hall–Kier alpha value is -2.73. The lowest BCUT2D eigenvalue weighted by Crippen LogP contribution is -2.37. The number of aromatic nitrogens is 1. The third-order valence-corrected chi connectivity index (χ3v) is 4.68. The van der Waals surface area contributed by atoms with Crippen LogP contribution in [0.4, 0.5) is 4.39 Å². The van der Waals surface area contributed by atoms with E-state index in [2.05, 4.69) is 10.3 Å². The molecule has 4 nitrogen and oxygen atoms in total. The molecule has 6 heteroatoms. The normalized spacial score (nSPS) is 11.8. The maximum atomic E-state index is 13.6. The van der Waals surface area contributed by atoms with Crippen molar-refractivity contribution < 1.29 is 13.9 Å². The maximum absolute atomic E-state index is 13.6. The summed E-state index contributed by atoms with van der Waals surface area (Å²) in [6, 6.07) is 16.0. The Labute approximate surface area is 155 Å². The Kier molecular flexibility index (Phi) is 5.96. The smallest absolute Gasteiger partial charge is 0.260 e. The van der Waals surface area contributed by atoms with Crippen molar-refractivity contribution in [3.63, 3.8) is 0 Å². The molecule has 26 heavy (non-hydrogen) atoms. The topological polar surface area (TPSA) is 51.2 Å². The average molecular weight is 370 g/mol. The van der Waals surface area contributed by atoms with Crippen LogP contribution in [0.2, 0.25) is 0 Å². The quantitative estimate of drug-likeness (QED) is 0.682. The summed E-state index contributed by atoms with van der Waals surface area (Å²) in [6.45, 7) is 2.05. The van der Waals surface area contributed by atoms with Crippen LogP contribution in [0.25, 0.3) is 11.3 Å². The largest absolute Gasteiger partial charge is 0.478 e. The number of rotatable bonds is 7. The van der Waals surface area contributed by atoms with E-state index >= 15 is 0 Å². The van der Waals surface area contributed by atoms with Gasteiger partial charge in [0.2, 0.25) is 0 Å². The van der Waals surface area contributed by atoms with Gasteiger partial charge in [0, 0.05) is 23.9 Å². The highest BCUT2D eigenvalue weighted by Gasteiger charge is 2.16. The number of ether oxygens (including phenoxy) is 1. The molecular weight excluding hydrogens is 351 g/mol. The highest BCUT2D eigenvalue weighted by atomic mass is 32.1. The minimum Gasteiger partial charge on any atom is -0.478 e. The molecule has 3 rings (SSSR count). The fourth-order valence-corrected chi connectivity index (χ4v) is 3.20. The number of para-hydroxylation sites is 1. The molecule has 1 atom stereocenters. The number of halogens is 1. The van der Waals surface area contributed by atoms with Crippen LogP contribution in [0.15, 0.2) is 60.0 Å². The van der Waals surface area contributed by atoms with Crippen LogP contribution in [0.3, 0.4) is 0 Å². The van der Waals surface area contributed by atoms with Gasteiger partial charge in [-0.3, -0.25) is 4.79 Å². The molecule has 0 saturated carbocycles. The summed E-state index contributed by atoms with van der Waals surface area (Å²) in [5, 5.41) is 5.76. The van der Waals surface area contributed by atoms with E-state index in [9.17, 15) is 9.18 Å². The molecule has 0 aliphatic heterocycles. The first-order valence-corrected chi connectivity index (χ1v) is 9.20. The van der Waals surface area contributed by atoms with Crippen molar-refractivity contribution in [3.05, 3.63) is 70.8 Å². The van der Waals surface area contributed by atoms with Gasteiger partial charge in [-0.2, -0.15) is 0 Å². The van der Waals surface area contributed by atoms with Crippen LogP contribution < -0.4 is 10.1 Å². The second kappa shape index (κ2) is 8.58. The Bertz CT molecular complexity index is 867. The Morgan fingerprint density at radius 2 is 1.92 bits per heavy atom. The van der Waals surface area contributed by atoms with Gasteiger partial charge in [0.15, 0.2) is 17.7 Å². The first-order chi connectivity index (χ1) is 12.6. The van der Waals surface area contributed by atoms with E-state index in [4.69, 9.17) is 4.74 Å². The lowest BCUT2D eigenvalue weighted by atomic mass is 10.2. The zero-order chi connectivity index (χ0) is 18.4. The van der Waals surface area contributed by atoms with Crippen molar-refractivity contribution in [1.29, 1.82) is 0 Å². The number of benzene rings is 2. The highest BCUT2D eigenvalue weighted by molar-refractivity contribution is 7.09. The standard InChI is InChI=1S/C20H19FN2O2S/c1-14(25-18-10-6-5-9-16(18)21)20(24)22-12-11-19-23-17(13-26-19)15-7-3-2-4-8-15/h2-10,13-14H,11-12H2,1H3,(H,22,24)/t14-/m1/s1. The summed E-state index contributed by atoms with van der Waals surface area (Å²) in [6.07, 6.45) is -0.140. The van der Waals surface area contributed by atoms with E-state index in [-0.39, 0.29) is 11.7 Å². The van der Waals surface area contributed by atoms with Crippen LogP contribution in [0.5, 0.6) is 5.75 Å². The first kappa shape index (κ1) is 18.1. The summed E-state index contributed by atoms with van der Waals surface area (Å²) in [5.74, 6) is -0.695. The maximum Gasteiger partial charge on any atom is 0.260 e. The van der Waals surface area contributed by atoms with E-state index in [0.717, 1.165) is 16.3 Å². The van der Waals surface area contributed by atoms with Gasteiger partial charge in [-0.25, -0.2) is 9.37 Å². The Morgan fingerprint density at radius 3 is 2.69 bits per heavy atom. The average Bonchev–Trinajstić information content (AvgIpc) is 3.13. The predicted octanol–water partition coefficient (Wildman–Crippen LogP) is 4.08. The third-order valence-electron chi connectivity index (χ3n) is 3.77. The number of amides is 1. The van der Waals surface area contributed by atoms with Crippen LogP contribution in [-0.2, 0) is 11.2 Å². The zero-order valence-electron chi connectivity index (χ0n) is 14.3. The number of thiazole rings is 1. The minimum atomic E-state index is -0.775. The van der Waals surface area contributed by atoms with Crippen LogP contribution in [-0.4, -0.2) is 23.5 Å². The SMILES string of the molecule is C[C@@H](Oc1ccccc1F)C(=O)NCCc1nc(-c2ccccc2)cs1. The summed E-state index contributed by atoms with van der Waals surface area (Å²) in [7, 11) is 0. The molecule has 1 N–H and O–H groups in total. The molecule has 134 valence electrons. The van der Waals surface area contributed by atoms with Gasteiger partial charge >= 0.3 is 0 Å². The van der Waals surface area contributed by atoms with Crippen molar-refractivity contribution >= 4 is 17.2 Å². The van der Waals surface area contributed by atoms with Gasteiger partial charge in [-0.15, -0.1) is 11.3 Å². The molecule has 0 spiro atoms. The predicted molar refractivity (Wildman–Crippen MR) is 101 cm³/mol. The number of hydrogen-bond acceptors (Lipinski definition) is 4. The highest BCUT2D eigenvalue weighted by Crippen LogP contribution is 2.21. The number of nitrogens with zero attached hydrogens (tertiary/aromatic N) is 1. The summed E-state index contributed by atoms with van der Waals surface area (Å²) in [5.41, 5.74) is 2.01. The molecule has 1 aromatic heterocycles. The summed E-state index contributed by atoms with van der Waals surface area (Å²) in [4.78, 5) is 16.7. The molecule has 0 unspecified atom stereocenters. The molecular formula is C20H19FN2O2S. The monoisotopic (exact) mass is 370 g/mol. The van der Waals surface area contributed by atoms with E-state index < -0.39 is 11.9 Å². The van der Waals surface area contributed by atoms with Crippen molar-refractivity contribution in [1.82, 2.24) is 10.3 Å². The van der Waals surface area contributed by atoms with E-state index in [1.54, 1.807) is 30.4 Å². The fourth-order valence-electron chi connectivity index (χ4n) is 2.39. The fraction of sp³-hybridized carbons (Fsp3) is 0.200. The van der Waals surface area contributed by atoms with E-state index in [0.29, 0.717) is 13.0 Å². The van der Waals surface area contributed by atoms with Crippen molar-refractivity contribution in [2.75, 3.05) is 6.54 Å². The zero-order valence-corrected chi connectivity index (χ0v) is 15.1. The molecule has 0 aliphatic carbocycles. The first-order valence-electron chi connectivity index (χ1n) is 8.32. The van der Waals surface area contributed by atoms with E-state index in [1.807, 2.05) is 35.7 Å². The van der Waals surface area contributed by atoms with Gasteiger partial charge in [-0.1, -0.05) is 42.5 Å². The Morgan fingerprint density at radius 1 is 1.19 bits per heavy atom. The second-order valence-electron chi connectivity index (χ2n) is 5.72. The summed E-state index contributed by atoms with van der Waals surface area (Å²) < 4.78 is 18.9. The molecule has 0 saturated heterocycles. The summed E-state index contributed by atoms with van der Waals surface area (Å²) >= 11 is 1.57. The van der Waals surface area contributed by atoms with Crippen LogP contribution in [0.1, 0.15) is 11.9 Å². The van der Waals surface area contributed by atoms with Crippen molar-refractivity contribution in [3.8, 4) is 17.0 Å². The van der Waals surface area contributed by atoms with Gasteiger partial charge in [0.1, 0.15) is 0 Å². The molecule has 0 bridgehead atoms. The van der Waals surface area contributed by atoms with Crippen molar-refractivity contribution in [2.45, 2.75) is 19.4 Å². The molecule has 0 fully saturated rings. The third kappa shape index (κ3) is 4.67. The van der Waals surface area contributed by atoms with Gasteiger partial charge in [-0.05, 0) is 19.1 Å². The molecule has 0 aliphatic rings. The van der Waals surface area contributed by atoms with Crippen molar-refractivity contribution in [2.24, 2.45) is 0 Å². The molecule has 2 aromatic carbocycles. The molecule has 1 amide bonds. The van der Waals surface area contributed by atoms with Gasteiger partial charge in [0.05, 0.1) is 10.7 Å². The molecule has 3 aromatic rings. The second-order valence-corrected chi connectivity index (χ2v) is 6.67. The number of carbonyl (C=O) groups excluding carboxylic acids is 1. The van der Waals surface area contributed by atoms with Crippen LogP contribution >= 0.6 is 11.3 Å². The van der Waals surface area contributed by atoms with Gasteiger partial charge in [0.25, 0.3) is 5.91 Å². The minimum absolute atomic E-state index is 0.0718. The number of carbonyl (C=O) groups is 1. The lowest BCUT2D eigenvalue weighted by molar-refractivity contribution is -0.127. The Balaban J connectivity index is 1.48.